The molecule has 7 nitrogen and oxygen atoms in total. The predicted molar refractivity (Wildman–Crippen MR) is 114 cm³/mol. The van der Waals surface area contributed by atoms with Crippen LogP contribution in [0.3, 0.4) is 0 Å². The quantitative estimate of drug-likeness (QED) is 0.287. The van der Waals surface area contributed by atoms with Crippen LogP contribution in [0.2, 0.25) is 0 Å². The van der Waals surface area contributed by atoms with Crippen LogP contribution in [-0.2, 0) is 9.59 Å². The van der Waals surface area contributed by atoms with Crippen LogP contribution in [0.4, 0.5) is 4.79 Å². The first-order valence-electron chi connectivity index (χ1n) is 9.93. The van der Waals surface area contributed by atoms with Crippen molar-refractivity contribution in [3.8, 4) is 11.5 Å². The van der Waals surface area contributed by atoms with E-state index in [0.29, 0.717) is 34.7 Å². The Labute approximate surface area is 179 Å². The van der Waals surface area contributed by atoms with Crippen molar-refractivity contribution in [1.82, 2.24) is 10.6 Å². The molecule has 1 heterocycles. The zero-order valence-corrected chi connectivity index (χ0v) is 18.4. The first-order valence-corrected chi connectivity index (χ1v) is 10.7. The molecule has 1 fully saturated rings. The molecule has 8 heteroatoms. The maximum atomic E-state index is 11.9. The molecule has 0 saturated carbocycles. The number of hydrogen-bond donors (Lipinski definition) is 2. The molecule has 0 aliphatic carbocycles. The lowest BCUT2D eigenvalue weighted by molar-refractivity contribution is -0.123. The molecule has 1 aromatic rings. The number of barbiturate groups is 1. The molecule has 0 aromatic heterocycles. The molecule has 1 aromatic carbocycles. The second kappa shape index (κ2) is 11.6. The van der Waals surface area contributed by atoms with E-state index in [9.17, 15) is 14.4 Å². The molecular formula is C21H27BrN2O5. The summed E-state index contributed by atoms with van der Waals surface area (Å²) in [5.74, 6) is -0.366. The third-order valence-electron chi connectivity index (χ3n) is 4.33. The molecule has 0 bridgehead atoms. The van der Waals surface area contributed by atoms with Gasteiger partial charge in [0.2, 0.25) is 0 Å². The van der Waals surface area contributed by atoms with E-state index in [1.54, 1.807) is 12.1 Å². The summed E-state index contributed by atoms with van der Waals surface area (Å²) in [4.78, 5) is 35.0. The van der Waals surface area contributed by atoms with Gasteiger partial charge in [0.1, 0.15) is 5.57 Å². The van der Waals surface area contributed by atoms with Gasteiger partial charge in [0, 0.05) is 0 Å². The van der Waals surface area contributed by atoms with Crippen LogP contribution >= 0.6 is 15.9 Å². The van der Waals surface area contributed by atoms with E-state index in [-0.39, 0.29) is 5.57 Å². The first kappa shape index (κ1) is 22.9. The maximum absolute atomic E-state index is 11.9. The number of ether oxygens (including phenoxy) is 2. The van der Waals surface area contributed by atoms with Crippen LogP contribution in [-0.4, -0.2) is 31.1 Å². The third kappa shape index (κ3) is 6.88. The minimum Gasteiger partial charge on any atom is -0.490 e. The van der Waals surface area contributed by atoms with E-state index in [1.807, 2.05) is 6.92 Å². The molecule has 2 N–H and O–H groups in total. The predicted octanol–water partition coefficient (Wildman–Crippen LogP) is 4.34. The van der Waals surface area contributed by atoms with Gasteiger partial charge in [-0.2, -0.15) is 0 Å². The minimum absolute atomic E-state index is 0.153. The normalized spacial score (nSPS) is 13.8. The van der Waals surface area contributed by atoms with Crippen molar-refractivity contribution in [3.63, 3.8) is 0 Å². The molecule has 1 aliphatic heterocycles. The van der Waals surface area contributed by atoms with Crippen molar-refractivity contribution in [2.45, 2.75) is 52.4 Å². The lowest BCUT2D eigenvalue weighted by Crippen LogP contribution is -2.51. The fraction of sp³-hybridized carbons (Fsp3) is 0.476. The fourth-order valence-electron chi connectivity index (χ4n) is 2.90. The number of carbonyl (C=O) groups is 3. The summed E-state index contributed by atoms with van der Waals surface area (Å²) >= 11 is 3.49. The van der Waals surface area contributed by atoms with Crippen LogP contribution in [0.1, 0.15) is 57.9 Å². The van der Waals surface area contributed by atoms with Crippen LogP contribution in [0.25, 0.3) is 6.08 Å². The Bertz CT molecular complexity index is 770. The molecule has 29 heavy (non-hydrogen) atoms. The Morgan fingerprint density at radius 2 is 1.59 bits per heavy atom. The summed E-state index contributed by atoms with van der Waals surface area (Å²) in [5.41, 5.74) is 0.418. The average Bonchev–Trinajstić information content (AvgIpc) is 2.66. The molecule has 158 valence electrons. The zero-order chi connectivity index (χ0) is 21.2. The lowest BCUT2D eigenvalue weighted by Gasteiger charge is -2.16. The Balaban J connectivity index is 2.11. The Kier molecular flexibility index (Phi) is 9.18. The number of nitrogens with one attached hydrogen (secondary N) is 2. The highest BCUT2D eigenvalue weighted by Crippen LogP contribution is 2.37. The number of amides is 4. The standard InChI is InChI=1S/C21H27BrN2O5/c1-3-5-6-7-8-9-10-29-18-16(22)12-14(13-17(18)28-4-2)11-15-19(25)23-21(27)24-20(15)26/h11-13H,3-10H2,1-2H3,(H2,23,24,25,26,27). The molecule has 2 rings (SSSR count). The molecule has 0 unspecified atom stereocenters. The first-order chi connectivity index (χ1) is 14.0. The average molecular weight is 467 g/mol. The third-order valence-corrected chi connectivity index (χ3v) is 4.92. The molecular weight excluding hydrogens is 440 g/mol. The topological polar surface area (TPSA) is 93.7 Å². The Morgan fingerprint density at radius 3 is 2.24 bits per heavy atom. The maximum Gasteiger partial charge on any atom is 0.328 e. The van der Waals surface area contributed by atoms with Crippen LogP contribution in [0, 0.1) is 0 Å². The van der Waals surface area contributed by atoms with Gasteiger partial charge in [-0.15, -0.1) is 0 Å². The number of unbranched alkanes of at least 4 members (excludes halogenated alkanes) is 5. The zero-order valence-electron chi connectivity index (χ0n) is 16.8. The summed E-state index contributed by atoms with van der Waals surface area (Å²) < 4.78 is 12.3. The summed E-state index contributed by atoms with van der Waals surface area (Å²) in [5, 5.41) is 4.11. The highest BCUT2D eigenvalue weighted by atomic mass is 79.9. The van der Waals surface area contributed by atoms with Crippen LogP contribution < -0.4 is 20.1 Å². The fourth-order valence-corrected chi connectivity index (χ4v) is 3.48. The van der Waals surface area contributed by atoms with Crippen molar-refractivity contribution in [2.24, 2.45) is 0 Å². The lowest BCUT2D eigenvalue weighted by atomic mass is 10.1. The highest BCUT2D eigenvalue weighted by molar-refractivity contribution is 9.10. The van der Waals surface area contributed by atoms with Crippen LogP contribution in [0.5, 0.6) is 11.5 Å². The van der Waals surface area contributed by atoms with E-state index in [4.69, 9.17) is 9.47 Å². The van der Waals surface area contributed by atoms with Gasteiger partial charge in [-0.1, -0.05) is 39.0 Å². The summed E-state index contributed by atoms with van der Waals surface area (Å²) in [7, 11) is 0. The van der Waals surface area contributed by atoms with E-state index in [1.165, 1.54) is 31.8 Å². The number of carbonyl (C=O) groups excluding carboxylic acids is 3. The van der Waals surface area contributed by atoms with Crippen molar-refractivity contribution in [1.29, 1.82) is 0 Å². The molecule has 1 aliphatic rings. The van der Waals surface area contributed by atoms with E-state index >= 15 is 0 Å². The minimum atomic E-state index is -0.827. The van der Waals surface area contributed by atoms with E-state index in [0.717, 1.165) is 12.8 Å². The second-order valence-corrected chi connectivity index (χ2v) is 7.53. The van der Waals surface area contributed by atoms with Gasteiger partial charge in [-0.05, 0) is 53.0 Å². The van der Waals surface area contributed by atoms with E-state index in [2.05, 4.69) is 33.5 Å². The number of rotatable bonds is 11. The number of hydrogen-bond acceptors (Lipinski definition) is 5. The molecule has 0 spiro atoms. The van der Waals surface area contributed by atoms with Crippen LogP contribution in [0.15, 0.2) is 22.2 Å². The monoisotopic (exact) mass is 466 g/mol. The number of urea groups is 1. The van der Waals surface area contributed by atoms with Gasteiger partial charge in [0.25, 0.3) is 11.8 Å². The smallest absolute Gasteiger partial charge is 0.328 e. The van der Waals surface area contributed by atoms with Crippen molar-refractivity contribution >= 4 is 39.9 Å². The van der Waals surface area contributed by atoms with E-state index < -0.39 is 17.8 Å². The number of imide groups is 2. The van der Waals surface area contributed by atoms with Gasteiger partial charge in [0.15, 0.2) is 11.5 Å². The molecule has 1 saturated heterocycles. The second-order valence-electron chi connectivity index (χ2n) is 6.67. The number of halogens is 1. The van der Waals surface area contributed by atoms with Gasteiger partial charge < -0.3 is 9.47 Å². The van der Waals surface area contributed by atoms with Crippen molar-refractivity contribution in [2.75, 3.05) is 13.2 Å². The molecule has 0 atom stereocenters. The van der Waals surface area contributed by atoms with Gasteiger partial charge >= 0.3 is 6.03 Å². The van der Waals surface area contributed by atoms with Crippen molar-refractivity contribution < 1.29 is 23.9 Å². The SMILES string of the molecule is CCCCCCCCOc1c(Br)cc(C=C2C(=O)NC(=O)NC2=O)cc1OCC. The van der Waals surface area contributed by atoms with Gasteiger partial charge in [0.05, 0.1) is 17.7 Å². The summed E-state index contributed by atoms with van der Waals surface area (Å²) in [6.45, 7) is 5.08. The van der Waals surface area contributed by atoms with Gasteiger partial charge in [-0.3, -0.25) is 20.2 Å². The number of benzene rings is 1. The Morgan fingerprint density at radius 1 is 0.931 bits per heavy atom. The highest BCUT2D eigenvalue weighted by Gasteiger charge is 2.27. The largest absolute Gasteiger partial charge is 0.490 e. The summed E-state index contributed by atoms with van der Waals surface area (Å²) in [6, 6.07) is 2.62. The summed E-state index contributed by atoms with van der Waals surface area (Å²) in [6.07, 6.45) is 8.43. The van der Waals surface area contributed by atoms with Crippen molar-refractivity contribution in [3.05, 3.63) is 27.7 Å². The Hall–Kier alpha value is -2.35. The molecule has 4 amide bonds. The molecule has 0 radical (unpaired) electrons. The van der Waals surface area contributed by atoms with Gasteiger partial charge in [-0.25, -0.2) is 4.79 Å².